The first-order valence-electron chi connectivity index (χ1n) is 10.1. The van der Waals surface area contributed by atoms with Crippen molar-refractivity contribution in [3.05, 3.63) is 82.7 Å². The average molecular weight is 369 g/mol. The van der Waals surface area contributed by atoms with Gasteiger partial charge in [0.05, 0.1) is 5.56 Å². The van der Waals surface area contributed by atoms with E-state index in [1.807, 2.05) is 12.1 Å². The number of benzene rings is 3. The summed E-state index contributed by atoms with van der Waals surface area (Å²) in [4.78, 5) is 0. The minimum absolute atomic E-state index is 0.0883. The Morgan fingerprint density at radius 2 is 1.54 bits per heavy atom. The number of hydrogen-bond acceptors (Lipinski definition) is 1. The summed E-state index contributed by atoms with van der Waals surface area (Å²) in [5.74, 6) is -0.460. The molecule has 1 aliphatic carbocycles. The van der Waals surface area contributed by atoms with Crippen molar-refractivity contribution in [2.45, 2.75) is 45.4 Å². The molecule has 0 heterocycles. The lowest BCUT2D eigenvalue weighted by Gasteiger charge is -2.21. The topological polar surface area (TPSA) is 23.8 Å². The molecule has 3 aromatic carbocycles. The van der Waals surface area contributed by atoms with Crippen LogP contribution < -0.4 is 0 Å². The van der Waals surface area contributed by atoms with Gasteiger partial charge in [-0.25, -0.2) is 4.39 Å². The third-order valence-corrected chi connectivity index (χ3v) is 5.72. The van der Waals surface area contributed by atoms with Crippen molar-refractivity contribution in [1.82, 2.24) is 0 Å². The quantitative estimate of drug-likeness (QED) is 0.451. The maximum atomic E-state index is 14.0. The lowest BCUT2D eigenvalue weighted by Crippen LogP contribution is -2.05. The highest BCUT2D eigenvalue weighted by atomic mass is 19.1. The highest BCUT2D eigenvalue weighted by Crippen LogP contribution is 2.36. The zero-order valence-corrected chi connectivity index (χ0v) is 16.3. The lowest BCUT2D eigenvalue weighted by atomic mass is 9.83. The summed E-state index contributed by atoms with van der Waals surface area (Å²) in [7, 11) is 0. The molecular weight excluding hydrogens is 345 g/mol. The monoisotopic (exact) mass is 369 g/mol. The molecule has 0 unspecified atom stereocenters. The number of rotatable bonds is 5. The number of hydrogen-bond donors (Lipinski definition) is 0. The molecule has 0 fully saturated rings. The number of fused-ring (bicyclic) bond motifs is 3. The Bertz CT molecular complexity index is 1060. The molecule has 0 N–H and O–H groups in total. The van der Waals surface area contributed by atoms with Crippen molar-refractivity contribution >= 4 is 0 Å². The molecule has 0 saturated heterocycles. The van der Waals surface area contributed by atoms with Gasteiger partial charge in [0.2, 0.25) is 0 Å². The molecule has 140 valence electrons. The molecule has 28 heavy (non-hydrogen) atoms. The summed E-state index contributed by atoms with van der Waals surface area (Å²) in [6.45, 7) is 2.24. The van der Waals surface area contributed by atoms with Gasteiger partial charge in [-0.05, 0) is 76.8 Å². The number of nitriles is 1. The number of halogens is 1. The van der Waals surface area contributed by atoms with E-state index in [-0.39, 0.29) is 5.56 Å². The van der Waals surface area contributed by atoms with Gasteiger partial charge in [0, 0.05) is 0 Å². The van der Waals surface area contributed by atoms with E-state index in [9.17, 15) is 4.39 Å². The third kappa shape index (κ3) is 3.58. The Morgan fingerprint density at radius 1 is 0.857 bits per heavy atom. The summed E-state index contributed by atoms with van der Waals surface area (Å²) >= 11 is 0. The highest BCUT2D eigenvalue weighted by Gasteiger charge is 2.17. The van der Waals surface area contributed by atoms with Crippen LogP contribution >= 0.6 is 0 Å². The summed E-state index contributed by atoms with van der Waals surface area (Å²) < 4.78 is 14.0. The van der Waals surface area contributed by atoms with Gasteiger partial charge in [0.15, 0.2) is 0 Å². The van der Waals surface area contributed by atoms with Crippen LogP contribution in [-0.4, -0.2) is 0 Å². The molecule has 0 aliphatic heterocycles. The van der Waals surface area contributed by atoms with Crippen molar-refractivity contribution in [1.29, 1.82) is 5.26 Å². The maximum absolute atomic E-state index is 14.0. The lowest BCUT2D eigenvalue weighted by molar-refractivity contribution is 0.624. The van der Waals surface area contributed by atoms with Crippen LogP contribution in [0, 0.1) is 17.1 Å². The Labute approximate surface area is 166 Å². The predicted molar refractivity (Wildman–Crippen MR) is 113 cm³/mol. The fourth-order valence-corrected chi connectivity index (χ4v) is 4.15. The second-order valence-electron chi connectivity index (χ2n) is 7.63. The van der Waals surface area contributed by atoms with Gasteiger partial charge < -0.3 is 0 Å². The van der Waals surface area contributed by atoms with E-state index in [4.69, 9.17) is 5.26 Å². The van der Waals surface area contributed by atoms with Crippen molar-refractivity contribution in [3.63, 3.8) is 0 Å². The Morgan fingerprint density at radius 3 is 2.25 bits per heavy atom. The van der Waals surface area contributed by atoms with Crippen LogP contribution in [0.1, 0.15) is 48.4 Å². The maximum Gasteiger partial charge on any atom is 0.141 e. The fraction of sp³-hybridized carbons (Fsp3) is 0.269. The van der Waals surface area contributed by atoms with E-state index in [2.05, 4.69) is 43.3 Å². The van der Waals surface area contributed by atoms with Gasteiger partial charge in [-0.15, -0.1) is 0 Å². The minimum atomic E-state index is -0.460. The molecule has 3 aromatic rings. The molecule has 2 heteroatoms. The van der Waals surface area contributed by atoms with Gasteiger partial charge in [-0.1, -0.05) is 62.2 Å². The van der Waals surface area contributed by atoms with Gasteiger partial charge in [-0.2, -0.15) is 5.26 Å². The first-order valence-corrected chi connectivity index (χ1v) is 10.1. The first kappa shape index (κ1) is 18.4. The number of unbranched alkanes of at least 4 members (excludes halogenated alkanes) is 2. The molecular formula is C26H24FN. The normalized spacial score (nSPS) is 12.2. The van der Waals surface area contributed by atoms with Crippen LogP contribution in [0.5, 0.6) is 0 Å². The second kappa shape index (κ2) is 7.98. The van der Waals surface area contributed by atoms with Crippen molar-refractivity contribution < 1.29 is 4.39 Å². The molecule has 0 saturated carbocycles. The molecule has 0 aromatic heterocycles. The molecule has 0 spiro atoms. The molecule has 1 aliphatic rings. The Balaban J connectivity index is 1.63. The van der Waals surface area contributed by atoms with Crippen LogP contribution in [0.3, 0.4) is 0 Å². The standard InChI is InChI=1S/C26H24FN/c1-2-3-4-5-18-6-12-24-21(14-18)8-9-22-15-19(11-13-25(22)24)20-7-10-23(17-28)26(27)16-20/h6-7,10-16H,2-5,8-9H2,1H3. The zero-order valence-electron chi connectivity index (χ0n) is 16.3. The van der Waals surface area contributed by atoms with Crippen LogP contribution in [0.15, 0.2) is 54.6 Å². The van der Waals surface area contributed by atoms with E-state index >= 15 is 0 Å². The summed E-state index contributed by atoms with van der Waals surface area (Å²) in [5.41, 5.74) is 8.73. The predicted octanol–water partition coefficient (Wildman–Crippen LogP) is 6.86. The number of aryl methyl sites for hydroxylation is 3. The van der Waals surface area contributed by atoms with Crippen LogP contribution in [-0.2, 0) is 19.3 Å². The van der Waals surface area contributed by atoms with Gasteiger partial charge in [0.25, 0.3) is 0 Å². The Hall–Kier alpha value is -2.92. The molecule has 1 nitrogen and oxygen atoms in total. The summed E-state index contributed by atoms with van der Waals surface area (Å²) in [5, 5.41) is 8.92. The first-order chi connectivity index (χ1) is 13.7. The van der Waals surface area contributed by atoms with Gasteiger partial charge in [-0.3, -0.25) is 0 Å². The SMILES string of the molecule is CCCCCc1ccc2c(c1)CCc1cc(-c3ccc(C#N)c(F)c3)ccc1-2. The van der Waals surface area contributed by atoms with Crippen LogP contribution in [0.4, 0.5) is 4.39 Å². The molecule has 4 rings (SSSR count). The highest BCUT2D eigenvalue weighted by molar-refractivity contribution is 5.77. The van der Waals surface area contributed by atoms with E-state index < -0.39 is 5.82 Å². The summed E-state index contributed by atoms with van der Waals surface area (Å²) in [6.07, 6.45) is 7.03. The zero-order chi connectivity index (χ0) is 19.5. The van der Waals surface area contributed by atoms with Crippen molar-refractivity contribution in [3.8, 4) is 28.3 Å². The molecule has 0 atom stereocenters. The average Bonchev–Trinajstić information content (AvgIpc) is 2.73. The molecule has 0 bridgehead atoms. The largest absolute Gasteiger partial charge is 0.206 e. The van der Waals surface area contributed by atoms with E-state index in [0.717, 1.165) is 30.4 Å². The van der Waals surface area contributed by atoms with Gasteiger partial charge >= 0.3 is 0 Å². The Kier molecular flexibility index (Phi) is 5.26. The van der Waals surface area contributed by atoms with Crippen molar-refractivity contribution in [2.75, 3.05) is 0 Å². The van der Waals surface area contributed by atoms with E-state index in [0.29, 0.717) is 0 Å². The van der Waals surface area contributed by atoms with E-state index in [1.165, 1.54) is 53.1 Å². The van der Waals surface area contributed by atoms with Gasteiger partial charge in [0.1, 0.15) is 11.9 Å². The van der Waals surface area contributed by atoms with Crippen LogP contribution in [0.2, 0.25) is 0 Å². The smallest absolute Gasteiger partial charge is 0.141 e. The second-order valence-corrected chi connectivity index (χ2v) is 7.63. The molecule has 0 radical (unpaired) electrons. The number of nitrogens with zero attached hydrogens (tertiary/aromatic N) is 1. The minimum Gasteiger partial charge on any atom is -0.206 e. The fourth-order valence-electron chi connectivity index (χ4n) is 4.15. The van der Waals surface area contributed by atoms with Crippen molar-refractivity contribution in [2.24, 2.45) is 0 Å². The third-order valence-electron chi connectivity index (χ3n) is 5.72. The van der Waals surface area contributed by atoms with E-state index in [1.54, 1.807) is 6.07 Å². The molecule has 0 amide bonds. The van der Waals surface area contributed by atoms with Crippen LogP contribution in [0.25, 0.3) is 22.3 Å². The summed E-state index contributed by atoms with van der Waals surface area (Å²) in [6, 6.07) is 20.0.